The van der Waals surface area contributed by atoms with Crippen molar-refractivity contribution in [3.63, 3.8) is 0 Å². The van der Waals surface area contributed by atoms with E-state index in [4.69, 9.17) is 4.74 Å². The number of rotatable bonds is 6. The summed E-state index contributed by atoms with van der Waals surface area (Å²) in [5.74, 6) is -1.98. The number of ether oxygens (including phenoxy) is 2. The summed E-state index contributed by atoms with van der Waals surface area (Å²) in [6.07, 6.45) is 0. The van der Waals surface area contributed by atoms with Crippen LogP contribution in [0.25, 0.3) is 0 Å². The Labute approximate surface area is 154 Å². The summed E-state index contributed by atoms with van der Waals surface area (Å²) < 4.78 is 23.2. The molecule has 2 rings (SSSR count). The molecule has 27 heavy (non-hydrogen) atoms. The maximum Gasteiger partial charge on any atom is 0.338 e. The lowest BCUT2D eigenvalue weighted by Crippen LogP contribution is -2.27. The van der Waals surface area contributed by atoms with E-state index in [0.29, 0.717) is 5.56 Å². The SMILES string of the molecule is COC(=O)c1cc(C(=O)N[C@@H](C)c2ccc(OC)c(F)c2)cc([N+](=O)[O-])c1. The first-order chi connectivity index (χ1) is 12.8. The zero-order valence-corrected chi connectivity index (χ0v) is 14.8. The normalized spacial score (nSPS) is 11.4. The fourth-order valence-electron chi connectivity index (χ4n) is 2.40. The van der Waals surface area contributed by atoms with Crippen LogP contribution in [0, 0.1) is 15.9 Å². The molecule has 0 saturated heterocycles. The number of halogens is 1. The monoisotopic (exact) mass is 376 g/mol. The van der Waals surface area contributed by atoms with Crippen molar-refractivity contribution in [2.45, 2.75) is 13.0 Å². The Hall–Kier alpha value is -3.49. The number of methoxy groups -OCH3 is 2. The molecule has 0 aromatic heterocycles. The van der Waals surface area contributed by atoms with Crippen LogP contribution in [-0.2, 0) is 4.74 Å². The number of nitro groups is 1. The number of nitrogens with zero attached hydrogens (tertiary/aromatic N) is 1. The van der Waals surface area contributed by atoms with Crippen molar-refractivity contribution in [1.29, 1.82) is 0 Å². The van der Waals surface area contributed by atoms with Crippen molar-refractivity contribution in [3.8, 4) is 5.75 Å². The minimum Gasteiger partial charge on any atom is -0.494 e. The van der Waals surface area contributed by atoms with Gasteiger partial charge in [0.05, 0.1) is 30.7 Å². The average molecular weight is 376 g/mol. The number of amides is 1. The number of nitro benzene ring substituents is 1. The summed E-state index contributed by atoms with van der Waals surface area (Å²) in [4.78, 5) is 34.5. The van der Waals surface area contributed by atoms with Gasteiger partial charge in [-0.05, 0) is 30.7 Å². The maximum absolute atomic E-state index is 13.8. The quantitative estimate of drug-likeness (QED) is 0.472. The largest absolute Gasteiger partial charge is 0.494 e. The lowest BCUT2D eigenvalue weighted by atomic mass is 10.1. The van der Waals surface area contributed by atoms with E-state index in [1.54, 1.807) is 13.0 Å². The van der Waals surface area contributed by atoms with Gasteiger partial charge >= 0.3 is 5.97 Å². The number of non-ortho nitro benzene ring substituents is 1. The number of esters is 1. The molecule has 0 heterocycles. The summed E-state index contributed by atoms with van der Waals surface area (Å²) >= 11 is 0. The highest BCUT2D eigenvalue weighted by atomic mass is 19.1. The Morgan fingerprint density at radius 3 is 2.37 bits per heavy atom. The van der Waals surface area contributed by atoms with E-state index in [1.165, 1.54) is 25.3 Å². The van der Waals surface area contributed by atoms with Gasteiger partial charge in [0.1, 0.15) is 0 Å². The van der Waals surface area contributed by atoms with Crippen LogP contribution in [0.1, 0.15) is 39.2 Å². The van der Waals surface area contributed by atoms with Crippen LogP contribution in [-0.4, -0.2) is 31.0 Å². The molecule has 2 aromatic carbocycles. The predicted octanol–water partition coefficient (Wildman–Crippen LogP) is 3.02. The van der Waals surface area contributed by atoms with E-state index in [-0.39, 0.29) is 16.9 Å². The molecule has 0 saturated carbocycles. The molecule has 2 aromatic rings. The van der Waals surface area contributed by atoms with Crippen LogP contribution < -0.4 is 10.1 Å². The maximum atomic E-state index is 13.8. The second kappa shape index (κ2) is 8.26. The fourth-order valence-corrected chi connectivity index (χ4v) is 2.40. The van der Waals surface area contributed by atoms with Gasteiger partial charge in [-0.3, -0.25) is 14.9 Å². The first-order valence-electron chi connectivity index (χ1n) is 7.79. The molecule has 0 aliphatic heterocycles. The van der Waals surface area contributed by atoms with Crippen molar-refractivity contribution in [2.75, 3.05) is 14.2 Å². The molecule has 1 amide bonds. The average Bonchev–Trinajstić information content (AvgIpc) is 2.66. The molecule has 1 atom stereocenters. The predicted molar refractivity (Wildman–Crippen MR) is 93.3 cm³/mol. The van der Waals surface area contributed by atoms with Crippen molar-refractivity contribution in [1.82, 2.24) is 5.32 Å². The van der Waals surface area contributed by atoms with Gasteiger partial charge in [0.15, 0.2) is 11.6 Å². The Morgan fingerprint density at radius 2 is 1.81 bits per heavy atom. The number of benzene rings is 2. The van der Waals surface area contributed by atoms with Crippen LogP contribution in [0.15, 0.2) is 36.4 Å². The minimum absolute atomic E-state index is 0.0682. The standard InChI is InChI=1S/C18H17FN2O6/c1-10(11-4-5-16(26-2)15(19)9-11)20-17(22)12-6-13(18(23)27-3)8-14(7-12)21(24)25/h4-10H,1-3H3,(H,20,22)/t10-/m0/s1. The second-order valence-corrected chi connectivity index (χ2v) is 5.61. The molecule has 0 fully saturated rings. The lowest BCUT2D eigenvalue weighted by molar-refractivity contribution is -0.384. The first kappa shape index (κ1) is 19.8. The van der Waals surface area contributed by atoms with Gasteiger partial charge in [0.25, 0.3) is 11.6 Å². The zero-order chi connectivity index (χ0) is 20.1. The van der Waals surface area contributed by atoms with Gasteiger partial charge in [-0.25, -0.2) is 9.18 Å². The topological polar surface area (TPSA) is 108 Å². The Kier molecular flexibility index (Phi) is 6.07. The van der Waals surface area contributed by atoms with Crippen molar-refractivity contribution >= 4 is 17.6 Å². The number of hydrogen-bond donors (Lipinski definition) is 1. The summed E-state index contributed by atoms with van der Waals surface area (Å²) in [6.45, 7) is 1.62. The number of hydrogen-bond acceptors (Lipinski definition) is 6. The molecule has 0 spiro atoms. The summed E-state index contributed by atoms with van der Waals surface area (Å²) in [5, 5.41) is 13.7. The van der Waals surface area contributed by atoms with Crippen molar-refractivity contribution in [2.24, 2.45) is 0 Å². The molecule has 0 bridgehead atoms. The van der Waals surface area contributed by atoms with Crippen molar-refractivity contribution < 1.29 is 28.4 Å². The molecular weight excluding hydrogens is 359 g/mol. The van der Waals surface area contributed by atoms with Crippen LogP contribution in [0.5, 0.6) is 5.75 Å². The molecule has 9 heteroatoms. The van der Waals surface area contributed by atoms with E-state index in [2.05, 4.69) is 10.1 Å². The lowest BCUT2D eigenvalue weighted by Gasteiger charge is -2.15. The molecule has 0 unspecified atom stereocenters. The minimum atomic E-state index is -0.807. The van der Waals surface area contributed by atoms with Crippen LogP contribution in [0.2, 0.25) is 0 Å². The third kappa shape index (κ3) is 4.57. The van der Waals surface area contributed by atoms with E-state index in [0.717, 1.165) is 19.2 Å². The second-order valence-electron chi connectivity index (χ2n) is 5.61. The molecule has 0 aliphatic carbocycles. The summed E-state index contributed by atoms with van der Waals surface area (Å²) in [6, 6.07) is 6.88. The highest BCUT2D eigenvalue weighted by Crippen LogP contribution is 2.23. The number of nitrogens with one attached hydrogen (secondary N) is 1. The summed E-state index contributed by atoms with van der Waals surface area (Å²) in [5.41, 5.74) is -0.170. The highest BCUT2D eigenvalue weighted by molar-refractivity contribution is 5.99. The molecule has 1 N–H and O–H groups in total. The molecule has 0 aliphatic rings. The third-order valence-corrected chi connectivity index (χ3v) is 3.84. The Bertz CT molecular complexity index is 899. The van der Waals surface area contributed by atoms with E-state index in [9.17, 15) is 24.1 Å². The first-order valence-corrected chi connectivity index (χ1v) is 7.79. The fraction of sp³-hybridized carbons (Fsp3) is 0.222. The molecular formula is C18H17FN2O6. The molecule has 8 nitrogen and oxygen atoms in total. The Balaban J connectivity index is 2.28. The van der Waals surface area contributed by atoms with E-state index in [1.807, 2.05) is 0 Å². The van der Waals surface area contributed by atoms with Gasteiger partial charge in [0, 0.05) is 17.7 Å². The van der Waals surface area contributed by atoms with Crippen LogP contribution >= 0.6 is 0 Å². The smallest absolute Gasteiger partial charge is 0.338 e. The third-order valence-electron chi connectivity index (χ3n) is 3.84. The van der Waals surface area contributed by atoms with E-state index < -0.39 is 34.3 Å². The highest BCUT2D eigenvalue weighted by Gasteiger charge is 2.20. The zero-order valence-electron chi connectivity index (χ0n) is 14.8. The van der Waals surface area contributed by atoms with Crippen molar-refractivity contribution in [3.05, 3.63) is 69.0 Å². The Morgan fingerprint density at radius 1 is 1.15 bits per heavy atom. The van der Waals surface area contributed by atoms with Crippen LogP contribution in [0.4, 0.5) is 10.1 Å². The van der Waals surface area contributed by atoms with Gasteiger partial charge in [-0.2, -0.15) is 0 Å². The molecule has 142 valence electrons. The van der Waals surface area contributed by atoms with Gasteiger partial charge in [-0.15, -0.1) is 0 Å². The van der Waals surface area contributed by atoms with Gasteiger partial charge in [-0.1, -0.05) is 6.07 Å². The van der Waals surface area contributed by atoms with Gasteiger partial charge in [0.2, 0.25) is 0 Å². The molecule has 0 radical (unpaired) electrons. The van der Waals surface area contributed by atoms with Gasteiger partial charge < -0.3 is 14.8 Å². The van der Waals surface area contributed by atoms with E-state index >= 15 is 0 Å². The van der Waals surface area contributed by atoms with Crippen LogP contribution in [0.3, 0.4) is 0 Å². The summed E-state index contributed by atoms with van der Waals surface area (Å²) in [7, 11) is 2.46. The number of carbonyl (C=O) groups is 2. The number of carbonyl (C=O) groups excluding carboxylic acids is 2.